The van der Waals surface area contributed by atoms with E-state index in [1.54, 1.807) is 29.2 Å². The molecule has 2 aromatic heterocycles. The number of rotatable bonds is 7. The van der Waals surface area contributed by atoms with Gasteiger partial charge in [-0.1, -0.05) is 12.1 Å². The van der Waals surface area contributed by atoms with Crippen LogP contribution in [-0.4, -0.2) is 54.8 Å². The number of carbonyl (C=O) groups is 1. The average molecular weight is 485 g/mol. The maximum absolute atomic E-state index is 12.8. The van der Waals surface area contributed by atoms with Crippen molar-refractivity contribution in [3.63, 3.8) is 0 Å². The summed E-state index contributed by atoms with van der Waals surface area (Å²) in [6.45, 7) is -1.24. The van der Waals surface area contributed by atoms with Gasteiger partial charge in [0.25, 0.3) is 5.91 Å². The third-order valence-electron chi connectivity index (χ3n) is 5.95. The number of aryl methyl sites for hydroxylation is 1. The van der Waals surface area contributed by atoms with E-state index in [4.69, 9.17) is 5.11 Å². The van der Waals surface area contributed by atoms with E-state index < -0.39 is 24.7 Å². The highest BCUT2D eigenvalue weighted by Crippen LogP contribution is 2.47. The van der Waals surface area contributed by atoms with Gasteiger partial charge in [0.15, 0.2) is 5.82 Å². The van der Waals surface area contributed by atoms with E-state index in [1.807, 2.05) is 18.3 Å². The number of aliphatic hydroxyl groups is 1. The summed E-state index contributed by atoms with van der Waals surface area (Å²) < 4.78 is 40.0. The number of halogens is 3. The normalized spacial score (nSPS) is 14.8. The van der Waals surface area contributed by atoms with Gasteiger partial charge in [-0.05, 0) is 48.6 Å². The summed E-state index contributed by atoms with van der Waals surface area (Å²) in [5, 5.41) is 26.7. The first-order valence-electron chi connectivity index (χ1n) is 11.0. The van der Waals surface area contributed by atoms with Gasteiger partial charge in [-0.2, -0.15) is 23.3 Å². The lowest BCUT2D eigenvalue weighted by atomic mass is 10.0. The summed E-state index contributed by atoms with van der Waals surface area (Å²) in [6, 6.07) is 7.50. The van der Waals surface area contributed by atoms with Crippen LogP contribution in [0.1, 0.15) is 34.7 Å². The Hall–Kier alpha value is -3.93. The monoisotopic (exact) mass is 485 g/mol. The number of fused-ring (bicyclic) bond motifs is 1. The molecule has 1 unspecified atom stereocenters. The SMILES string of the molecule is Cn1nc(-c2ccc(C(=O)NC(CO)C(F)(F)F)cc2)nc1Nc1ccc2[nH]ncc2c1C1CC1. The van der Waals surface area contributed by atoms with Gasteiger partial charge in [-0.15, -0.1) is 5.10 Å². The predicted molar refractivity (Wildman–Crippen MR) is 122 cm³/mol. The van der Waals surface area contributed by atoms with Crippen LogP contribution in [0.25, 0.3) is 22.3 Å². The quantitative estimate of drug-likeness (QED) is 0.317. The second kappa shape index (κ2) is 8.69. The molecule has 5 rings (SSSR count). The van der Waals surface area contributed by atoms with E-state index in [2.05, 4.69) is 25.6 Å². The Morgan fingerprint density at radius 2 is 1.97 bits per heavy atom. The highest BCUT2D eigenvalue weighted by atomic mass is 19.4. The topological polar surface area (TPSA) is 121 Å². The first-order valence-corrected chi connectivity index (χ1v) is 11.0. The Bertz CT molecular complexity index is 1370. The number of carbonyl (C=O) groups excluding carboxylic acids is 1. The van der Waals surface area contributed by atoms with Crippen LogP contribution in [-0.2, 0) is 7.05 Å². The van der Waals surface area contributed by atoms with Crippen LogP contribution in [0.2, 0.25) is 0 Å². The van der Waals surface area contributed by atoms with E-state index >= 15 is 0 Å². The van der Waals surface area contributed by atoms with Gasteiger partial charge in [0, 0.05) is 29.2 Å². The van der Waals surface area contributed by atoms with E-state index in [1.165, 1.54) is 17.7 Å². The fourth-order valence-corrected chi connectivity index (χ4v) is 3.94. The molecule has 1 atom stereocenters. The number of benzene rings is 2. The molecular weight excluding hydrogens is 463 g/mol. The van der Waals surface area contributed by atoms with Crippen molar-refractivity contribution >= 4 is 28.4 Å². The largest absolute Gasteiger partial charge is 0.410 e. The number of amides is 1. The molecule has 0 aliphatic heterocycles. The molecular formula is C23H22F3N7O2. The summed E-state index contributed by atoms with van der Waals surface area (Å²) in [4.78, 5) is 16.7. The van der Waals surface area contributed by atoms with Crippen molar-refractivity contribution < 1.29 is 23.1 Å². The zero-order valence-electron chi connectivity index (χ0n) is 18.6. The lowest BCUT2D eigenvalue weighted by molar-refractivity contribution is -0.161. The van der Waals surface area contributed by atoms with Crippen LogP contribution in [0.4, 0.5) is 24.8 Å². The first kappa shape index (κ1) is 22.8. The highest BCUT2D eigenvalue weighted by molar-refractivity contribution is 5.95. The fourth-order valence-electron chi connectivity index (χ4n) is 3.94. The molecule has 0 spiro atoms. The lowest BCUT2D eigenvalue weighted by Gasteiger charge is -2.19. The molecule has 1 aliphatic carbocycles. The number of nitrogens with zero attached hydrogens (tertiary/aromatic N) is 4. The number of hydrogen-bond acceptors (Lipinski definition) is 6. The molecule has 1 amide bonds. The predicted octanol–water partition coefficient (Wildman–Crippen LogP) is 3.63. The number of anilines is 2. The van der Waals surface area contributed by atoms with Crippen LogP contribution < -0.4 is 10.6 Å². The lowest BCUT2D eigenvalue weighted by Crippen LogP contribution is -2.47. The molecule has 1 fully saturated rings. The van der Waals surface area contributed by atoms with E-state index in [-0.39, 0.29) is 5.56 Å². The summed E-state index contributed by atoms with van der Waals surface area (Å²) in [5.74, 6) is 0.435. The van der Waals surface area contributed by atoms with Crippen molar-refractivity contribution in [2.45, 2.75) is 31.0 Å². The maximum atomic E-state index is 12.8. The molecule has 9 nitrogen and oxygen atoms in total. The van der Waals surface area contributed by atoms with Crippen molar-refractivity contribution in [1.29, 1.82) is 0 Å². The van der Waals surface area contributed by atoms with Crippen molar-refractivity contribution in [3.05, 3.63) is 53.7 Å². The second-order valence-electron chi connectivity index (χ2n) is 8.47. The molecule has 1 saturated carbocycles. The highest BCUT2D eigenvalue weighted by Gasteiger charge is 2.40. The number of aromatic amines is 1. The molecule has 1 aliphatic rings. The Morgan fingerprint density at radius 3 is 2.63 bits per heavy atom. The van der Waals surface area contributed by atoms with E-state index in [0.29, 0.717) is 23.3 Å². The summed E-state index contributed by atoms with van der Waals surface area (Å²) in [7, 11) is 1.75. The van der Waals surface area contributed by atoms with Gasteiger partial charge >= 0.3 is 6.18 Å². The van der Waals surface area contributed by atoms with Gasteiger partial charge < -0.3 is 15.7 Å². The van der Waals surface area contributed by atoms with Crippen LogP contribution >= 0.6 is 0 Å². The number of nitrogens with one attached hydrogen (secondary N) is 3. The molecule has 4 N–H and O–H groups in total. The second-order valence-corrected chi connectivity index (χ2v) is 8.47. The molecule has 182 valence electrons. The summed E-state index contributed by atoms with van der Waals surface area (Å²) in [5.41, 5.74) is 3.70. The van der Waals surface area contributed by atoms with Gasteiger partial charge in [-0.3, -0.25) is 9.89 Å². The molecule has 12 heteroatoms. The van der Waals surface area contributed by atoms with Gasteiger partial charge in [0.05, 0.1) is 18.3 Å². The number of aromatic nitrogens is 5. The van der Waals surface area contributed by atoms with E-state index in [9.17, 15) is 18.0 Å². The zero-order valence-corrected chi connectivity index (χ0v) is 18.6. The van der Waals surface area contributed by atoms with Crippen molar-refractivity contribution in [1.82, 2.24) is 30.3 Å². The van der Waals surface area contributed by atoms with Gasteiger partial charge in [0.1, 0.15) is 6.04 Å². The molecule has 0 saturated heterocycles. The molecule has 4 aromatic rings. The standard InChI is InChI=1S/C23H22F3N7O2/c1-33-22(28-17-9-8-16-15(10-27-31-16)19(17)12-2-3-12)30-20(32-33)13-4-6-14(7-5-13)21(35)29-18(11-34)23(24,25)26/h4-10,12,18,34H,2-3,11H2,1H3,(H,27,31)(H,29,35)(H,28,30,32). The average Bonchev–Trinajstić information content (AvgIpc) is 3.44. The fraction of sp³-hybridized carbons (Fsp3) is 0.304. The Labute approximate surface area is 197 Å². The van der Waals surface area contributed by atoms with Crippen LogP contribution in [0.15, 0.2) is 42.6 Å². The minimum absolute atomic E-state index is 0.0215. The summed E-state index contributed by atoms with van der Waals surface area (Å²) in [6.07, 6.45) is -0.686. The third-order valence-corrected chi connectivity index (χ3v) is 5.95. The third kappa shape index (κ3) is 4.56. The minimum atomic E-state index is -4.74. The Morgan fingerprint density at radius 1 is 1.23 bits per heavy atom. The molecule has 0 radical (unpaired) electrons. The maximum Gasteiger partial charge on any atom is 0.410 e. The number of alkyl halides is 3. The Kier molecular flexibility index (Phi) is 5.67. The van der Waals surface area contributed by atoms with Crippen LogP contribution in [0.5, 0.6) is 0 Å². The van der Waals surface area contributed by atoms with Gasteiger partial charge in [-0.25, -0.2) is 4.68 Å². The Balaban J connectivity index is 1.35. The molecule has 2 aromatic carbocycles. The minimum Gasteiger partial charge on any atom is -0.394 e. The number of aliphatic hydroxyl groups excluding tert-OH is 1. The van der Waals surface area contributed by atoms with Crippen molar-refractivity contribution in [2.75, 3.05) is 11.9 Å². The zero-order chi connectivity index (χ0) is 24.7. The van der Waals surface area contributed by atoms with E-state index in [0.717, 1.165) is 29.4 Å². The number of hydrogen-bond donors (Lipinski definition) is 4. The smallest absolute Gasteiger partial charge is 0.394 e. The van der Waals surface area contributed by atoms with Crippen LogP contribution in [0, 0.1) is 0 Å². The molecule has 2 heterocycles. The van der Waals surface area contributed by atoms with Gasteiger partial charge in [0.2, 0.25) is 5.95 Å². The van der Waals surface area contributed by atoms with Crippen molar-refractivity contribution in [2.24, 2.45) is 7.05 Å². The van der Waals surface area contributed by atoms with Crippen LogP contribution in [0.3, 0.4) is 0 Å². The molecule has 35 heavy (non-hydrogen) atoms. The molecule has 0 bridgehead atoms. The summed E-state index contributed by atoms with van der Waals surface area (Å²) >= 11 is 0. The number of H-pyrrole nitrogens is 1. The first-order chi connectivity index (χ1) is 16.7. The van der Waals surface area contributed by atoms with Crippen molar-refractivity contribution in [3.8, 4) is 11.4 Å².